The third-order valence-corrected chi connectivity index (χ3v) is 2.06. The molecule has 0 aliphatic carbocycles. The molecule has 0 aliphatic heterocycles. The summed E-state index contributed by atoms with van der Waals surface area (Å²) in [6.45, 7) is 0. The predicted molar refractivity (Wildman–Crippen MR) is 42.4 cm³/mol. The summed E-state index contributed by atoms with van der Waals surface area (Å²) in [7, 11) is 0. The lowest BCUT2D eigenvalue weighted by Crippen LogP contribution is -1.86. The molecular formula is C5H4Br2N2. The van der Waals surface area contributed by atoms with Crippen molar-refractivity contribution in [2.45, 2.75) is 5.33 Å². The summed E-state index contributed by atoms with van der Waals surface area (Å²) < 4.78 is 0.946. The van der Waals surface area contributed by atoms with Crippen molar-refractivity contribution in [2.24, 2.45) is 0 Å². The van der Waals surface area contributed by atoms with E-state index in [-0.39, 0.29) is 0 Å². The Kier molecular flexibility index (Phi) is 2.60. The maximum atomic E-state index is 3.99. The van der Waals surface area contributed by atoms with Gasteiger partial charge in [0.1, 0.15) is 6.33 Å². The molecule has 1 aromatic rings. The van der Waals surface area contributed by atoms with E-state index in [2.05, 4.69) is 41.8 Å². The van der Waals surface area contributed by atoms with Crippen LogP contribution in [0.25, 0.3) is 0 Å². The second-order valence-corrected chi connectivity index (χ2v) is 2.87. The number of aromatic nitrogens is 2. The van der Waals surface area contributed by atoms with Crippen LogP contribution in [0, 0.1) is 0 Å². The van der Waals surface area contributed by atoms with E-state index in [9.17, 15) is 0 Å². The van der Waals surface area contributed by atoms with Crippen molar-refractivity contribution in [3.8, 4) is 0 Å². The minimum Gasteiger partial charge on any atom is -0.244 e. The van der Waals surface area contributed by atoms with Crippen LogP contribution < -0.4 is 0 Å². The Hall–Kier alpha value is 0.0400. The lowest BCUT2D eigenvalue weighted by Gasteiger charge is -1.93. The molecular weight excluding hydrogens is 248 g/mol. The molecule has 0 fully saturated rings. The maximum absolute atomic E-state index is 3.99. The molecule has 0 unspecified atom stereocenters. The smallest absolute Gasteiger partial charge is 0.115 e. The molecule has 2 nitrogen and oxygen atoms in total. The summed E-state index contributed by atoms with van der Waals surface area (Å²) >= 11 is 6.59. The summed E-state index contributed by atoms with van der Waals surface area (Å²) in [6, 6.07) is 0. The zero-order chi connectivity index (χ0) is 6.69. The van der Waals surface area contributed by atoms with E-state index < -0.39 is 0 Å². The van der Waals surface area contributed by atoms with Gasteiger partial charge in [-0.1, -0.05) is 15.9 Å². The van der Waals surface area contributed by atoms with Crippen LogP contribution in [0.4, 0.5) is 0 Å². The van der Waals surface area contributed by atoms with E-state index in [4.69, 9.17) is 0 Å². The number of halogens is 2. The molecule has 0 amide bonds. The van der Waals surface area contributed by atoms with Gasteiger partial charge in [-0.15, -0.1) is 0 Å². The van der Waals surface area contributed by atoms with Crippen molar-refractivity contribution < 1.29 is 0 Å². The van der Waals surface area contributed by atoms with Crippen LogP contribution in [0.3, 0.4) is 0 Å². The Bertz CT molecular complexity index is 202. The van der Waals surface area contributed by atoms with Crippen molar-refractivity contribution in [3.63, 3.8) is 0 Å². The quantitative estimate of drug-likeness (QED) is 0.715. The Labute approximate surface area is 70.0 Å². The fraction of sp³-hybridized carbons (Fsp3) is 0.200. The second-order valence-electron chi connectivity index (χ2n) is 1.45. The zero-order valence-corrected chi connectivity index (χ0v) is 7.68. The van der Waals surface area contributed by atoms with Gasteiger partial charge in [0.25, 0.3) is 0 Å². The predicted octanol–water partition coefficient (Wildman–Crippen LogP) is 2.13. The molecule has 0 N–H and O–H groups in total. The SMILES string of the molecule is BrCc1ncncc1Br. The standard InChI is InChI=1S/C5H4Br2N2/c6-1-5-4(7)2-8-3-9-5/h2-3H,1H2. The largest absolute Gasteiger partial charge is 0.244 e. The van der Waals surface area contributed by atoms with E-state index >= 15 is 0 Å². The Morgan fingerprint density at radius 2 is 2.33 bits per heavy atom. The maximum Gasteiger partial charge on any atom is 0.115 e. The molecule has 1 rings (SSSR count). The number of rotatable bonds is 1. The molecule has 0 saturated carbocycles. The van der Waals surface area contributed by atoms with E-state index in [1.165, 1.54) is 6.33 Å². The minimum atomic E-state index is 0.760. The fourth-order valence-electron chi connectivity index (χ4n) is 0.436. The molecule has 0 aliphatic rings. The van der Waals surface area contributed by atoms with Gasteiger partial charge in [0, 0.05) is 11.5 Å². The zero-order valence-electron chi connectivity index (χ0n) is 4.51. The van der Waals surface area contributed by atoms with E-state index in [1.807, 2.05) is 0 Å². The van der Waals surface area contributed by atoms with Crippen LogP contribution in [-0.4, -0.2) is 9.97 Å². The van der Waals surface area contributed by atoms with Crippen LogP contribution in [0.1, 0.15) is 5.69 Å². The van der Waals surface area contributed by atoms with Gasteiger partial charge in [-0.2, -0.15) is 0 Å². The molecule has 1 aromatic heterocycles. The van der Waals surface area contributed by atoms with Crippen LogP contribution >= 0.6 is 31.9 Å². The molecule has 0 spiro atoms. The average molecular weight is 252 g/mol. The van der Waals surface area contributed by atoms with E-state index in [0.717, 1.165) is 15.5 Å². The van der Waals surface area contributed by atoms with Crippen molar-refractivity contribution in [1.29, 1.82) is 0 Å². The van der Waals surface area contributed by atoms with Gasteiger partial charge in [-0.05, 0) is 15.9 Å². The van der Waals surface area contributed by atoms with E-state index in [1.54, 1.807) is 6.20 Å². The normalized spacial score (nSPS) is 9.56. The lowest BCUT2D eigenvalue weighted by atomic mass is 10.5. The van der Waals surface area contributed by atoms with Gasteiger partial charge < -0.3 is 0 Å². The Morgan fingerprint density at radius 1 is 1.56 bits per heavy atom. The number of nitrogens with zero attached hydrogens (tertiary/aromatic N) is 2. The van der Waals surface area contributed by atoms with Crippen LogP contribution in [0.15, 0.2) is 17.0 Å². The average Bonchev–Trinajstić information content (AvgIpc) is 1.89. The lowest BCUT2D eigenvalue weighted by molar-refractivity contribution is 1.07. The third-order valence-electron chi connectivity index (χ3n) is 0.870. The molecule has 1 heterocycles. The van der Waals surface area contributed by atoms with Crippen molar-refractivity contribution in [1.82, 2.24) is 9.97 Å². The summed E-state index contributed by atoms with van der Waals surface area (Å²) in [5.74, 6) is 0. The summed E-state index contributed by atoms with van der Waals surface area (Å²) in [6.07, 6.45) is 3.25. The molecule has 0 radical (unpaired) electrons. The highest BCUT2D eigenvalue weighted by atomic mass is 79.9. The van der Waals surface area contributed by atoms with Gasteiger partial charge >= 0.3 is 0 Å². The third kappa shape index (κ3) is 1.72. The Morgan fingerprint density at radius 3 is 2.78 bits per heavy atom. The summed E-state index contributed by atoms with van der Waals surface area (Å²) in [4.78, 5) is 7.81. The second kappa shape index (κ2) is 3.27. The first-order chi connectivity index (χ1) is 4.34. The highest BCUT2D eigenvalue weighted by molar-refractivity contribution is 9.10. The fourth-order valence-corrected chi connectivity index (χ4v) is 1.62. The monoisotopic (exact) mass is 250 g/mol. The van der Waals surface area contributed by atoms with Crippen molar-refractivity contribution in [3.05, 3.63) is 22.7 Å². The summed E-state index contributed by atoms with van der Waals surface area (Å²) in [5, 5.41) is 0.760. The number of alkyl halides is 1. The number of hydrogen-bond donors (Lipinski definition) is 0. The molecule has 0 aromatic carbocycles. The minimum absolute atomic E-state index is 0.760. The topological polar surface area (TPSA) is 25.8 Å². The van der Waals surface area contributed by atoms with Gasteiger partial charge in [0.05, 0.1) is 10.2 Å². The first-order valence-corrected chi connectivity index (χ1v) is 4.26. The molecule has 4 heteroatoms. The van der Waals surface area contributed by atoms with Gasteiger partial charge in [0.2, 0.25) is 0 Å². The van der Waals surface area contributed by atoms with Gasteiger partial charge in [0.15, 0.2) is 0 Å². The molecule has 0 atom stereocenters. The highest BCUT2D eigenvalue weighted by Gasteiger charge is 1.95. The highest BCUT2D eigenvalue weighted by Crippen LogP contribution is 2.13. The van der Waals surface area contributed by atoms with Crippen LogP contribution in [0.5, 0.6) is 0 Å². The first kappa shape index (κ1) is 7.15. The summed E-state index contributed by atoms with van der Waals surface area (Å²) in [5.41, 5.74) is 0.977. The van der Waals surface area contributed by atoms with Gasteiger partial charge in [-0.3, -0.25) is 0 Å². The first-order valence-electron chi connectivity index (χ1n) is 2.35. The number of hydrogen-bond acceptors (Lipinski definition) is 2. The molecule has 48 valence electrons. The van der Waals surface area contributed by atoms with Crippen molar-refractivity contribution >= 4 is 31.9 Å². The Balaban J connectivity index is 3.01. The van der Waals surface area contributed by atoms with Crippen LogP contribution in [0.2, 0.25) is 0 Å². The molecule has 0 saturated heterocycles. The van der Waals surface area contributed by atoms with Crippen molar-refractivity contribution in [2.75, 3.05) is 0 Å². The molecule has 0 bridgehead atoms. The van der Waals surface area contributed by atoms with Gasteiger partial charge in [-0.25, -0.2) is 9.97 Å². The molecule has 9 heavy (non-hydrogen) atoms. The van der Waals surface area contributed by atoms with E-state index in [0.29, 0.717) is 0 Å². The van der Waals surface area contributed by atoms with Crippen LogP contribution in [-0.2, 0) is 5.33 Å².